The number of hydrogen-bond acceptors (Lipinski definition) is 3. The van der Waals surface area contributed by atoms with Crippen molar-refractivity contribution >= 4 is 5.91 Å². The Hall–Kier alpha value is -1.68. The van der Waals surface area contributed by atoms with Gasteiger partial charge in [0.25, 0.3) is 0 Å². The summed E-state index contributed by atoms with van der Waals surface area (Å²) in [6, 6.07) is 3.96. The third-order valence-electron chi connectivity index (χ3n) is 5.32. The molecule has 1 aromatic heterocycles. The summed E-state index contributed by atoms with van der Waals surface area (Å²) in [5, 5.41) is 10.3. The number of aromatic nitrogens is 1. The predicted octanol–water partition coefficient (Wildman–Crippen LogP) is 5.05. The fourth-order valence-corrected chi connectivity index (χ4v) is 3.72. The first-order valence-electron chi connectivity index (χ1n) is 10.6. The molecule has 1 N–H and O–H groups in total. The van der Waals surface area contributed by atoms with Crippen molar-refractivity contribution in [1.29, 1.82) is 0 Å². The highest BCUT2D eigenvalue weighted by molar-refractivity contribution is 5.77. The molecule has 0 spiro atoms. The van der Waals surface area contributed by atoms with E-state index in [0.717, 1.165) is 37.2 Å². The minimum Gasteiger partial charge on any atom is -0.393 e. The van der Waals surface area contributed by atoms with Crippen LogP contribution in [0.3, 0.4) is 0 Å². The Balaban J connectivity index is 1.71. The molecule has 2 unspecified atom stereocenters. The van der Waals surface area contributed by atoms with Crippen molar-refractivity contribution in [2.45, 2.75) is 83.8 Å². The molecule has 1 aliphatic rings. The number of nitrogens with zero attached hydrogens (tertiary/aromatic N) is 2. The number of unbranched alkanes of at least 4 members (excludes halogenated alkanes) is 4. The van der Waals surface area contributed by atoms with Crippen LogP contribution in [-0.4, -0.2) is 33.5 Å². The zero-order valence-electron chi connectivity index (χ0n) is 17.0. The van der Waals surface area contributed by atoms with Gasteiger partial charge in [-0.2, -0.15) is 0 Å². The van der Waals surface area contributed by atoms with Gasteiger partial charge in [0.1, 0.15) is 0 Å². The van der Waals surface area contributed by atoms with Gasteiger partial charge in [0, 0.05) is 18.9 Å². The minimum absolute atomic E-state index is 0.0318. The zero-order valence-corrected chi connectivity index (χ0v) is 17.0. The second-order valence-electron chi connectivity index (χ2n) is 8.15. The average molecular weight is 373 g/mol. The van der Waals surface area contributed by atoms with Crippen molar-refractivity contribution in [2.75, 3.05) is 6.54 Å². The van der Waals surface area contributed by atoms with Crippen molar-refractivity contribution in [3.63, 3.8) is 0 Å². The minimum atomic E-state index is -0.534. The molecule has 4 nitrogen and oxygen atoms in total. The number of carbonyl (C=O) groups excluding carboxylic acids is 1. The Kier molecular flexibility index (Phi) is 9.54. The van der Waals surface area contributed by atoms with E-state index in [0.29, 0.717) is 6.54 Å². The van der Waals surface area contributed by atoms with Gasteiger partial charge in [-0.15, -0.1) is 0 Å². The summed E-state index contributed by atoms with van der Waals surface area (Å²) < 4.78 is 0. The van der Waals surface area contributed by atoms with Gasteiger partial charge >= 0.3 is 0 Å². The van der Waals surface area contributed by atoms with Crippen molar-refractivity contribution in [3.8, 4) is 0 Å². The third-order valence-corrected chi connectivity index (χ3v) is 5.32. The first kappa shape index (κ1) is 21.6. The molecule has 0 radical (unpaired) electrons. The molecule has 2 atom stereocenters. The second kappa shape index (κ2) is 11.9. The highest BCUT2D eigenvalue weighted by Gasteiger charge is 2.27. The lowest BCUT2D eigenvalue weighted by atomic mass is 9.99. The van der Waals surface area contributed by atoms with Crippen LogP contribution in [0.25, 0.3) is 0 Å². The van der Waals surface area contributed by atoms with Gasteiger partial charge in [-0.1, -0.05) is 70.6 Å². The van der Waals surface area contributed by atoms with Crippen LogP contribution in [0, 0.1) is 5.92 Å². The van der Waals surface area contributed by atoms with Crippen LogP contribution in [-0.2, 0) is 4.79 Å². The molecule has 1 aliphatic heterocycles. The number of aliphatic hydroxyl groups is 1. The smallest absolute Gasteiger partial charge is 0.225 e. The Morgan fingerprint density at radius 2 is 1.93 bits per heavy atom. The maximum absolute atomic E-state index is 12.7. The zero-order chi connectivity index (χ0) is 19.5. The molecule has 0 aromatic carbocycles. The first-order valence-corrected chi connectivity index (χ1v) is 10.6. The van der Waals surface area contributed by atoms with E-state index in [1.54, 1.807) is 6.20 Å². The van der Waals surface area contributed by atoms with Crippen LogP contribution in [0.5, 0.6) is 0 Å². The fourth-order valence-electron chi connectivity index (χ4n) is 3.72. The first-order chi connectivity index (χ1) is 13.1. The van der Waals surface area contributed by atoms with Crippen molar-refractivity contribution in [3.05, 3.63) is 42.2 Å². The van der Waals surface area contributed by atoms with E-state index in [4.69, 9.17) is 0 Å². The molecule has 0 fully saturated rings. The van der Waals surface area contributed by atoms with Crippen LogP contribution in [0.4, 0.5) is 0 Å². The highest BCUT2D eigenvalue weighted by atomic mass is 16.3. The molecule has 0 aliphatic carbocycles. The molecule has 2 rings (SSSR count). The highest BCUT2D eigenvalue weighted by Crippen LogP contribution is 2.28. The van der Waals surface area contributed by atoms with Crippen LogP contribution < -0.4 is 0 Å². The summed E-state index contributed by atoms with van der Waals surface area (Å²) in [4.78, 5) is 18.8. The number of rotatable bonds is 11. The summed E-state index contributed by atoms with van der Waals surface area (Å²) in [6.07, 6.45) is 16.2. The average Bonchev–Trinajstić information content (AvgIpc) is 2.67. The quantitative estimate of drug-likeness (QED) is 0.437. The molecule has 2 heterocycles. The number of hydrogen-bond donors (Lipinski definition) is 1. The lowest BCUT2D eigenvalue weighted by Crippen LogP contribution is -2.38. The molecule has 1 aromatic rings. The molecule has 0 saturated carbocycles. The summed E-state index contributed by atoms with van der Waals surface area (Å²) in [5.41, 5.74) is 1.06. The Labute approximate surface area is 164 Å². The largest absolute Gasteiger partial charge is 0.393 e. The predicted molar refractivity (Wildman–Crippen MR) is 110 cm³/mol. The third kappa shape index (κ3) is 7.84. The summed E-state index contributed by atoms with van der Waals surface area (Å²) in [5.74, 6) is 0.829. The Morgan fingerprint density at radius 3 is 2.63 bits per heavy atom. The Bertz CT molecular complexity index is 571. The molecular weight excluding hydrogens is 336 g/mol. The van der Waals surface area contributed by atoms with E-state index in [9.17, 15) is 9.90 Å². The van der Waals surface area contributed by atoms with E-state index in [1.807, 2.05) is 29.3 Å². The summed E-state index contributed by atoms with van der Waals surface area (Å²) in [7, 11) is 0. The van der Waals surface area contributed by atoms with Gasteiger partial charge in [0.05, 0.1) is 18.6 Å². The van der Waals surface area contributed by atoms with Gasteiger partial charge < -0.3 is 10.0 Å². The van der Waals surface area contributed by atoms with Crippen LogP contribution in [0.1, 0.15) is 83.2 Å². The molecule has 1 amide bonds. The normalized spacial score (nSPS) is 18.1. The lowest BCUT2D eigenvalue weighted by molar-refractivity contribution is -0.135. The summed E-state index contributed by atoms with van der Waals surface area (Å²) >= 11 is 0. The van der Waals surface area contributed by atoms with E-state index in [-0.39, 0.29) is 18.4 Å². The van der Waals surface area contributed by atoms with E-state index >= 15 is 0 Å². The van der Waals surface area contributed by atoms with Crippen LogP contribution in [0.2, 0.25) is 0 Å². The van der Waals surface area contributed by atoms with Gasteiger partial charge in [0.2, 0.25) is 5.91 Å². The van der Waals surface area contributed by atoms with Gasteiger partial charge in [-0.25, -0.2) is 0 Å². The maximum Gasteiger partial charge on any atom is 0.225 e. The Morgan fingerprint density at radius 1 is 1.19 bits per heavy atom. The SMILES string of the molecule is CC(C)CCCCCCCC(O)CC(=O)N1CC=CCC1c1cccnc1. The molecular formula is C23H36N2O2. The number of pyridine rings is 1. The molecule has 0 saturated heterocycles. The van der Waals surface area contributed by atoms with E-state index in [2.05, 4.69) is 24.9 Å². The topological polar surface area (TPSA) is 53.4 Å². The molecule has 4 heteroatoms. The lowest BCUT2D eigenvalue weighted by Gasteiger charge is -2.33. The van der Waals surface area contributed by atoms with Crippen molar-refractivity contribution < 1.29 is 9.90 Å². The standard InChI is InChI=1S/C23H36N2O2/c1-19(2)11-6-4-3-5-7-13-21(26)17-23(27)25-16-9-8-14-22(25)20-12-10-15-24-18-20/h8-10,12,15,18-19,21-22,26H,3-7,11,13-14,16-17H2,1-2H3. The van der Waals surface area contributed by atoms with E-state index in [1.165, 1.54) is 25.7 Å². The number of aliphatic hydroxyl groups excluding tert-OH is 1. The molecule has 27 heavy (non-hydrogen) atoms. The second-order valence-corrected chi connectivity index (χ2v) is 8.15. The summed E-state index contributed by atoms with van der Waals surface area (Å²) in [6.45, 7) is 5.15. The van der Waals surface area contributed by atoms with Crippen LogP contribution >= 0.6 is 0 Å². The molecule has 0 bridgehead atoms. The van der Waals surface area contributed by atoms with Crippen LogP contribution in [0.15, 0.2) is 36.7 Å². The number of amides is 1. The monoisotopic (exact) mass is 372 g/mol. The fraction of sp³-hybridized carbons (Fsp3) is 0.652. The van der Waals surface area contributed by atoms with Crippen molar-refractivity contribution in [1.82, 2.24) is 9.88 Å². The van der Waals surface area contributed by atoms with Gasteiger partial charge in [-0.05, 0) is 30.4 Å². The van der Waals surface area contributed by atoms with E-state index < -0.39 is 6.10 Å². The van der Waals surface area contributed by atoms with Gasteiger partial charge in [-0.3, -0.25) is 9.78 Å². The molecule has 150 valence electrons. The number of carbonyl (C=O) groups is 1. The maximum atomic E-state index is 12.7. The van der Waals surface area contributed by atoms with Crippen molar-refractivity contribution in [2.24, 2.45) is 5.92 Å². The van der Waals surface area contributed by atoms with Gasteiger partial charge in [0.15, 0.2) is 0 Å².